The van der Waals surface area contributed by atoms with Crippen molar-refractivity contribution >= 4 is 43.2 Å². The van der Waals surface area contributed by atoms with Crippen molar-refractivity contribution in [1.82, 2.24) is 9.78 Å². The molecular formula is C17H15BrN4O3S. The molecule has 26 heavy (non-hydrogen) atoms. The largest absolute Gasteiger partial charge is 0.322 e. The lowest BCUT2D eigenvalue weighted by Gasteiger charge is -2.10. The third-order valence-electron chi connectivity index (χ3n) is 3.47. The Kier molecular flexibility index (Phi) is 5.10. The van der Waals surface area contributed by atoms with E-state index < -0.39 is 10.0 Å². The average molecular weight is 435 g/mol. The Bertz CT molecular complexity index is 1050. The molecule has 0 bridgehead atoms. The molecule has 0 aliphatic heterocycles. The topological polar surface area (TPSA) is 93.1 Å². The standard InChI is InChI=1S/C17H15BrN4O3S/c1-22-11-12(10-19-22)17(23)20-15-3-2-4-16(9-15)26(24,25)21-14-7-5-13(18)6-8-14/h2-11,21H,1H3,(H,20,23). The van der Waals surface area contributed by atoms with Crippen LogP contribution in [0.25, 0.3) is 0 Å². The summed E-state index contributed by atoms with van der Waals surface area (Å²) in [5.74, 6) is -0.367. The molecule has 1 heterocycles. The molecule has 0 unspecified atom stereocenters. The minimum atomic E-state index is -3.78. The number of nitrogens with zero attached hydrogens (tertiary/aromatic N) is 2. The number of anilines is 2. The summed E-state index contributed by atoms with van der Waals surface area (Å²) in [5.41, 5.74) is 1.20. The van der Waals surface area contributed by atoms with Crippen LogP contribution in [-0.2, 0) is 17.1 Å². The summed E-state index contributed by atoms with van der Waals surface area (Å²) in [7, 11) is -2.07. The summed E-state index contributed by atoms with van der Waals surface area (Å²) in [5, 5.41) is 6.60. The maximum absolute atomic E-state index is 12.5. The lowest BCUT2D eigenvalue weighted by molar-refractivity contribution is 0.102. The molecule has 1 aromatic heterocycles. The summed E-state index contributed by atoms with van der Waals surface area (Å²) in [6.07, 6.45) is 3.01. The van der Waals surface area contributed by atoms with Crippen LogP contribution >= 0.6 is 15.9 Å². The van der Waals surface area contributed by atoms with E-state index in [-0.39, 0.29) is 10.8 Å². The zero-order chi connectivity index (χ0) is 18.7. The fourth-order valence-electron chi connectivity index (χ4n) is 2.21. The molecule has 134 valence electrons. The number of halogens is 1. The zero-order valence-corrected chi connectivity index (χ0v) is 16.1. The van der Waals surface area contributed by atoms with Gasteiger partial charge in [0.2, 0.25) is 0 Å². The first-order valence-corrected chi connectivity index (χ1v) is 9.79. The van der Waals surface area contributed by atoms with Crippen LogP contribution in [0.5, 0.6) is 0 Å². The number of aromatic nitrogens is 2. The highest BCUT2D eigenvalue weighted by atomic mass is 79.9. The molecule has 0 aliphatic carbocycles. The quantitative estimate of drug-likeness (QED) is 0.644. The third-order valence-corrected chi connectivity index (χ3v) is 5.37. The third kappa shape index (κ3) is 4.30. The minimum absolute atomic E-state index is 0.0457. The van der Waals surface area contributed by atoms with Gasteiger partial charge in [-0.3, -0.25) is 14.2 Å². The van der Waals surface area contributed by atoms with Gasteiger partial charge in [0.1, 0.15) is 0 Å². The van der Waals surface area contributed by atoms with E-state index in [4.69, 9.17) is 0 Å². The van der Waals surface area contributed by atoms with Gasteiger partial charge in [-0.25, -0.2) is 8.42 Å². The van der Waals surface area contributed by atoms with Crippen LogP contribution in [0.15, 0.2) is 70.3 Å². The van der Waals surface area contributed by atoms with E-state index in [1.165, 1.54) is 23.0 Å². The van der Waals surface area contributed by atoms with Crippen molar-refractivity contribution < 1.29 is 13.2 Å². The van der Waals surface area contributed by atoms with Gasteiger partial charge < -0.3 is 5.32 Å². The van der Waals surface area contributed by atoms with Gasteiger partial charge in [0.15, 0.2) is 0 Å². The van der Waals surface area contributed by atoms with Gasteiger partial charge in [-0.1, -0.05) is 22.0 Å². The number of benzene rings is 2. The molecule has 2 N–H and O–H groups in total. The fourth-order valence-corrected chi connectivity index (χ4v) is 3.58. The number of amides is 1. The Morgan fingerprint density at radius 1 is 1.12 bits per heavy atom. The van der Waals surface area contributed by atoms with Gasteiger partial charge in [-0.2, -0.15) is 5.10 Å². The number of aryl methyl sites for hydroxylation is 1. The molecule has 3 aromatic rings. The maximum Gasteiger partial charge on any atom is 0.261 e. The van der Waals surface area contributed by atoms with Gasteiger partial charge in [-0.05, 0) is 42.5 Å². The summed E-state index contributed by atoms with van der Waals surface area (Å²) >= 11 is 3.30. The van der Waals surface area contributed by atoms with E-state index in [0.717, 1.165) is 4.47 Å². The highest BCUT2D eigenvalue weighted by molar-refractivity contribution is 9.10. The van der Waals surface area contributed by atoms with Crippen LogP contribution < -0.4 is 10.0 Å². The van der Waals surface area contributed by atoms with Gasteiger partial charge in [0, 0.05) is 29.1 Å². The lowest BCUT2D eigenvalue weighted by Crippen LogP contribution is -2.15. The van der Waals surface area contributed by atoms with Crippen molar-refractivity contribution in [1.29, 1.82) is 0 Å². The van der Waals surface area contributed by atoms with Crippen LogP contribution in [0.4, 0.5) is 11.4 Å². The van der Waals surface area contributed by atoms with E-state index in [9.17, 15) is 13.2 Å². The smallest absolute Gasteiger partial charge is 0.261 e. The number of carbonyl (C=O) groups is 1. The van der Waals surface area contributed by atoms with Crippen LogP contribution in [0.2, 0.25) is 0 Å². The SMILES string of the molecule is Cn1cc(C(=O)Nc2cccc(S(=O)(=O)Nc3ccc(Br)cc3)c2)cn1. The first kappa shape index (κ1) is 18.2. The van der Waals surface area contributed by atoms with Gasteiger partial charge in [0.05, 0.1) is 16.7 Å². The highest BCUT2D eigenvalue weighted by Gasteiger charge is 2.16. The van der Waals surface area contributed by atoms with E-state index in [2.05, 4.69) is 31.1 Å². The normalized spacial score (nSPS) is 11.2. The number of hydrogen-bond donors (Lipinski definition) is 2. The van der Waals surface area contributed by atoms with Gasteiger partial charge in [-0.15, -0.1) is 0 Å². The Morgan fingerprint density at radius 3 is 2.50 bits per heavy atom. The van der Waals surface area contributed by atoms with Crippen molar-refractivity contribution in [2.45, 2.75) is 4.90 Å². The molecular weight excluding hydrogens is 420 g/mol. The van der Waals surface area contributed by atoms with Crippen LogP contribution in [-0.4, -0.2) is 24.1 Å². The molecule has 1 amide bonds. The number of rotatable bonds is 5. The first-order valence-electron chi connectivity index (χ1n) is 7.52. The van der Waals surface area contributed by atoms with Crippen molar-refractivity contribution in [3.05, 3.63) is 71.0 Å². The average Bonchev–Trinajstić information content (AvgIpc) is 3.04. The number of nitrogens with one attached hydrogen (secondary N) is 2. The van der Waals surface area contributed by atoms with E-state index in [1.807, 2.05) is 0 Å². The number of carbonyl (C=O) groups excluding carboxylic acids is 1. The molecule has 0 saturated heterocycles. The Balaban J connectivity index is 1.79. The summed E-state index contributed by atoms with van der Waals surface area (Å²) in [6.45, 7) is 0. The van der Waals surface area contributed by atoms with Crippen LogP contribution in [0.1, 0.15) is 10.4 Å². The maximum atomic E-state index is 12.5. The summed E-state index contributed by atoms with van der Waals surface area (Å²) in [6, 6.07) is 12.8. The van der Waals surface area contributed by atoms with Crippen molar-refractivity contribution in [3.8, 4) is 0 Å². The van der Waals surface area contributed by atoms with Gasteiger partial charge in [0.25, 0.3) is 15.9 Å². The monoisotopic (exact) mass is 434 g/mol. The van der Waals surface area contributed by atoms with E-state index in [0.29, 0.717) is 16.9 Å². The molecule has 0 fully saturated rings. The zero-order valence-electron chi connectivity index (χ0n) is 13.7. The molecule has 2 aromatic carbocycles. The summed E-state index contributed by atoms with van der Waals surface area (Å²) in [4.78, 5) is 12.2. The second kappa shape index (κ2) is 7.30. The molecule has 7 nitrogen and oxygen atoms in total. The van der Waals surface area contributed by atoms with E-state index >= 15 is 0 Å². The molecule has 0 saturated carbocycles. The molecule has 0 spiro atoms. The second-order valence-corrected chi connectivity index (χ2v) is 8.10. The first-order chi connectivity index (χ1) is 12.3. The summed E-state index contributed by atoms with van der Waals surface area (Å²) < 4.78 is 30.0. The molecule has 0 atom stereocenters. The number of hydrogen-bond acceptors (Lipinski definition) is 4. The van der Waals surface area contributed by atoms with Crippen molar-refractivity contribution in [2.75, 3.05) is 10.0 Å². The number of sulfonamides is 1. The van der Waals surface area contributed by atoms with Gasteiger partial charge >= 0.3 is 0 Å². The second-order valence-electron chi connectivity index (χ2n) is 5.50. The Morgan fingerprint density at radius 2 is 1.85 bits per heavy atom. The Hall–Kier alpha value is -2.65. The highest BCUT2D eigenvalue weighted by Crippen LogP contribution is 2.21. The van der Waals surface area contributed by atoms with E-state index in [1.54, 1.807) is 49.6 Å². The predicted molar refractivity (Wildman–Crippen MR) is 103 cm³/mol. The van der Waals surface area contributed by atoms with Crippen LogP contribution in [0.3, 0.4) is 0 Å². The predicted octanol–water partition coefficient (Wildman–Crippen LogP) is 3.24. The van der Waals surface area contributed by atoms with Crippen molar-refractivity contribution in [3.63, 3.8) is 0 Å². The molecule has 3 rings (SSSR count). The van der Waals surface area contributed by atoms with Crippen molar-refractivity contribution in [2.24, 2.45) is 7.05 Å². The fraction of sp³-hybridized carbons (Fsp3) is 0.0588. The molecule has 9 heteroatoms. The lowest BCUT2D eigenvalue weighted by atomic mass is 10.3. The molecule has 0 aliphatic rings. The van der Waals surface area contributed by atoms with Crippen LogP contribution in [0, 0.1) is 0 Å². The Labute approximate surface area is 159 Å². The minimum Gasteiger partial charge on any atom is -0.322 e. The molecule has 0 radical (unpaired) electrons.